The van der Waals surface area contributed by atoms with Gasteiger partial charge in [0.25, 0.3) is 5.91 Å². The van der Waals surface area contributed by atoms with E-state index in [2.05, 4.69) is 4.99 Å². The maximum absolute atomic E-state index is 12.8. The Morgan fingerprint density at radius 2 is 2.03 bits per heavy atom. The lowest BCUT2D eigenvalue weighted by Gasteiger charge is -2.20. The second-order valence-electron chi connectivity index (χ2n) is 7.39. The van der Waals surface area contributed by atoms with Gasteiger partial charge in [-0.1, -0.05) is 29.0 Å². The van der Waals surface area contributed by atoms with E-state index in [9.17, 15) is 13.2 Å². The second-order valence-corrected chi connectivity index (χ2v) is 10.9. The summed E-state index contributed by atoms with van der Waals surface area (Å²) in [4.78, 5) is 17.5. The number of carbonyl (C=O) groups is 1. The Morgan fingerprint density at radius 3 is 2.68 bits per heavy atom. The number of para-hydroxylation sites is 1. The van der Waals surface area contributed by atoms with Crippen LogP contribution in [0.4, 0.5) is 0 Å². The quantitative estimate of drug-likeness (QED) is 0.561. The summed E-state index contributed by atoms with van der Waals surface area (Å²) in [6, 6.07) is 11.4. The third-order valence-electron chi connectivity index (χ3n) is 5.26. The predicted molar refractivity (Wildman–Crippen MR) is 121 cm³/mol. The van der Waals surface area contributed by atoms with Crippen LogP contribution in [0.15, 0.2) is 52.4 Å². The Labute approximate surface area is 189 Å². The van der Waals surface area contributed by atoms with E-state index in [1.54, 1.807) is 17.7 Å². The number of amides is 1. The highest BCUT2D eigenvalue weighted by molar-refractivity contribution is 7.89. The van der Waals surface area contributed by atoms with Gasteiger partial charge >= 0.3 is 0 Å². The molecule has 1 aliphatic rings. The Balaban J connectivity index is 1.56. The Kier molecular flexibility index (Phi) is 6.32. The highest BCUT2D eigenvalue weighted by Crippen LogP contribution is 2.24. The maximum Gasteiger partial charge on any atom is 0.279 e. The number of aryl methyl sites for hydroxylation is 1. The van der Waals surface area contributed by atoms with Crippen LogP contribution < -0.4 is 4.80 Å². The minimum absolute atomic E-state index is 0.0741. The number of hydrogen-bond donors (Lipinski definition) is 0. The van der Waals surface area contributed by atoms with E-state index < -0.39 is 15.9 Å². The number of thiazole rings is 1. The summed E-state index contributed by atoms with van der Waals surface area (Å²) in [6.07, 6.45) is 1.73. The van der Waals surface area contributed by atoms with Crippen LogP contribution in [0, 0.1) is 0 Å². The first kappa shape index (κ1) is 22.2. The summed E-state index contributed by atoms with van der Waals surface area (Å²) in [6.45, 7) is 0.978. The van der Waals surface area contributed by atoms with E-state index >= 15 is 0 Å². The molecular formula is C21H22ClN3O4S2. The van der Waals surface area contributed by atoms with E-state index in [4.69, 9.17) is 16.3 Å². The molecule has 7 nitrogen and oxygen atoms in total. The molecule has 0 saturated carbocycles. The summed E-state index contributed by atoms with van der Waals surface area (Å²) >= 11 is 7.62. The monoisotopic (exact) mass is 479 g/mol. The number of aromatic nitrogens is 1. The average molecular weight is 480 g/mol. The minimum atomic E-state index is -3.66. The van der Waals surface area contributed by atoms with Gasteiger partial charge in [-0.2, -0.15) is 9.30 Å². The molecule has 2 aromatic carbocycles. The lowest BCUT2D eigenvalue weighted by atomic mass is 10.2. The Morgan fingerprint density at radius 1 is 1.29 bits per heavy atom. The van der Waals surface area contributed by atoms with Gasteiger partial charge in [0.05, 0.1) is 26.2 Å². The zero-order valence-corrected chi connectivity index (χ0v) is 19.5. The van der Waals surface area contributed by atoms with Gasteiger partial charge in [0, 0.05) is 32.8 Å². The fraction of sp³-hybridized carbons (Fsp3) is 0.333. The fourth-order valence-electron chi connectivity index (χ4n) is 3.54. The van der Waals surface area contributed by atoms with Crippen molar-refractivity contribution in [3.05, 3.63) is 57.9 Å². The number of halogens is 1. The first-order valence-electron chi connectivity index (χ1n) is 9.78. The molecule has 1 aromatic heterocycles. The van der Waals surface area contributed by atoms with Crippen molar-refractivity contribution in [2.24, 2.45) is 12.0 Å². The lowest BCUT2D eigenvalue weighted by molar-refractivity contribution is 0.0979. The van der Waals surface area contributed by atoms with Crippen molar-refractivity contribution in [3.63, 3.8) is 0 Å². The van der Waals surface area contributed by atoms with Crippen LogP contribution in [-0.4, -0.2) is 49.5 Å². The molecule has 1 saturated heterocycles. The molecule has 1 atom stereocenters. The van der Waals surface area contributed by atoms with Gasteiger partial charge in [-0.3, -0.25) is 4.79 Å². The summed E-state index contributed by atoms with van der Waals surface area (Å²) in [5.74, 6) is -0.449. The third-order valence-corrected chi connectivity index (χ3v) is 8.50. The first-order valence-corrected chi connectivity index (χ1v) is 12.4. The third kappa shape index (κ3) is 4.47. The van der Waals surface area contributed by atoms with Gasteiger partial charge in [0.1, 0.15) is 0 Å². The van der Waals surface area contributed by atoms with Crippen molar-refractivity contribution < 1.29 is 17.9 Å². The molecule has 0 radical (unpaired) electrons. The molecule has 1 amide bonds. The van der Waals surface area contributed by atoms with Crippen LogP contribution in [0.5, 0.6) is 0 Å². The lowest BCUT2D eigenvalue weighted by Crippen LogP contribution is -2.34. The largest absolute Gasteiger partial charge is 0.377 e. The van der Waals surface area contributed by atoms with Gasteiger partial charge in [-0.25, -0.2) is 8.42 Å². The van der Waals surface area contributed by atoms with Gasteiger partial charge in [-0.05, 0) is 49.2 Å². The molecule has 10 heteroatoms. The zero-order chi connectivity index (χ0) is 22.2. The van der Waals surface area contributed by atoms with E-state index in [-0.39, 0.29) is 11.0 Å². The van der Waals surface area contributed by atoms with Crippen molar-refractivity contribution >= 4 is 49.1 Å². The number of sulfonamides is 1. The second kappa shape index (κ2) is 8.84. The van der Waals surface area contributed by atoms with Crippen LogP contribution in [0.1, 0.15) is 23.2 Å². The smallest absolute Gasteiger partial charge is 0.279 e. The van der Waals surface area contributed by atoms with E-state index in [1.165, 1.54) is 47.0 Å². The summed E-state index contributed by atoms with van der Waals surface area (Å²) in [5.41, 5.74) is 1.13. The summed E-state index contributed by atoms with van der Waals surface area (Å²) < 4.78 is 35.2. The van der Waals surface area contributed by atoms with Crippen molar-refractivity contribution in [1.82, 2.24) is 8.87 Å². The van der Waals surface area contributed by atoms with Crippen LogP contribution in [0.2, 0.25) is 5.02 Å². The van der Waals surface area contributed by atoms with Gasteiger partial charge < -0.3 is 9.30 Å². The molecule has 1 unspecified atom stereocenters. The number of hydrogen-bond acceptors (Lipinski definition) is 5. The molecule has 0 spiro atoms. The maximum atomic E-state index is 12.8. The fourth-order valence-corrected chi connectivity index (χ4v) is 6.14. The topological polar surface area (TPSA) is 81.0 Å². The number of carbonyl (C=O) groups excluding carboxylic acids is 1. The molecule has 2 heterocycles. The molecule has 3 aromatic rings. The van der Waals surface area contributed by atoms with Gasteiger partial charge in [-0.15, -0.1) is 0 Å². The molecule has 0 aliphatic carbocycles. The van der Waals surface area contributed by atoms with E-state index in [0.717, 1.165) is 23.1 Å². The Hall–Kier alpha value is -2.04. The molecular weight excluding hydrogens is 458 g/mol. The van der Waals surface area contributed by atoms with Crippen molar-refractivity contribution in [1.29, 1.82) is 0 Å². The normalized spacial score (nSPS) is 17.7. The molecule has 0 N–H and O–H groups in total. The molecule has 1 fully saturated rings. The molecule has 164 valence electrons. The number of nitrogens with zero attached hydrogens (tertiary/aromatic N) is 3. The van der Waals surface area contributed by atoms with E-state index in [0.29, 0.717) is 28.5 Å². The summed E-state index contributed by atoms with van der Waals surface area (Å²) in [5, 5.41) is 0.590. The average Bonchev–Trinajstić information content (AvgIpc) is 3.36. The number of likely N-dealkylation sites (N-methyl/N-ethyl adjacent to an activating group) is 1. The van der Waals surface area contributed by atoms with Gasteiger partial charge in [0.15, 0.2) is 4.80 Å². The number of benzene rings is 2. The van der Waals surface area contributed by atoms with Crippen LogP contribution >= 0.6 is 22.9 Å². The standard InChI is InChI=1S/C21H22ClN3O4S2/c1-24(13-15-5-4-12-29-15)31(27,28)16-10-8-14(9-11-16)20(26)23-21-25(2)19-17(22)6-3-7-18(19)30-21/h3,6-11,15H,4-5,12-13H2,1-2H3. The summed E-state index contributed by atoms with van der Waals surface area (Å²) in [7, 11) is -0.320. The zero-order valence-electron chi connectivity index (χ0n) is 17.1. The van der Waals surface area contributed by atoms with Crippen LogP contribution in [0.25, 0.3) is 10.2 Å². The number of fused-ring (bicyclic) bond motifs is 1. The Bertz CT molecular complexity index is 1290. The van der Waals surface area contributed by atoms with Crippen molar-refractivity contribution in [2.45, 2.75) is 23.8 Å². The SMILES string of the molecule is CN(CC1CCCO1)S(=O)(=O)c1ccc(C(=O)N=c2sc3cccc(Cl)c3n2C)cc1. The van der Waals surface area contributed by atoms with Crippen LogP contribution in [-0.2, 0) is 21.8 Å². The highest BCUT2D eigenvalue weighted by atomic mass is 35.5. The van der Waals surface area contributed by atoms with Crippen molar-refractivity contribution in [3.8, 4) is 0 Å². The van der Waals surface area contributed by atoms with Crippen LogP contribution in [0.3, 0.4) is 0 Å². The van der Waals surface area contributed by atoms with Crippen molar-refractivity contribution in [2.75, 3.05) is 20.2 Å². The molecule has 4 rings (SSSR count). The van der Waals surface area contributed by atoms with E-state index in [1.807, 2.05) is 12.1 Å². The molecule has 31 heavy (non-hydrogen) atoms. The molecule has 0 bridgehead atoms. The van der Waals surface area contributed by atoms with Gasteiger partial charge in [0.2, 0.25) is 10.0 Å². The minimum Gasteiger partial charge on any atom is -0.377 e. The highest BCUT2D eigenvalue weighted by Gasteiger charge is 2.26. The number of ether oxygens (including phenoxy) is 1. The first-order chi connectivity index (χ1) is 14.8. The number of rotatable bonds is 5. The predicted octanol–water partition coefficient (Wildman–Crippen LogP) is 3.43. The molecule has 1 aliphatic heterocycles.